The molecule has 0 bridgehead atoms. The van der Waals surface area contributed by atoms with E-state index < -0.39 is 0 Å². The maximum absolute atomic E-state index is 12.9. The molecule has 156 valence electrons. The molecule has 1 atom stereocenters. The minimum atomic E-state index is -0.156. The Morgan fingerprint density at radius 1 is 1.03 bits per heavy atom. The van der Waals surface area contributed by atoms with Gasteiger partial charge in [-0.25, -0.2) is 0 Å². The lowest BCUT2D eigenvalue weighted by Crippen LogP contribution is -2.27. The van der Waals surface area contributed by atoms with Gasteiger partial charge in [-0.15, -0.1) is 0 Å². The summed E-state index contributed by atoms with van der Waals surface area (Å²) in [7, 11) is 1.61. The van der Waals surface area contributed by atoms with Crippen LogP contribution in [0.4, 0.5) is 5.69 Å². The largest absolute Gasteiger partial charge is 0.493 e. The number of benzene rings is 2. The van der Waals surface area contributed by atoms with Gasteiger partial charge in [0.1, 0.15) is 11.9 Å². The van der Waals surface area contributed by atoms with E-state index in [-0.39, 0.29) is 12.0 Å². The summed E-state index contributed by atoms with van der Waals surface area (Å²) in [5.41, 5.74) is 2.10. The Hall–Kier alpha value is -2.99. The summed E-state index contributed by atoms with van der Waals surface area (Å²) in [5, 5.41) is 3.29. The van der Waals surface area contributed by atoms with Crippen molar-refractivity contribution in [2.45, 2.75) is 31.3 Å². The molecule has 1 amide bonds. The summed E-state index contributed by atoms with van der Waals surface area (Å²) in [4.78, 5) is 14.6. The second kappa shape index (κ2) is 8.03. The van der Waals surface area contributed by atoms with Gasteiger partial charge in [-0.1, -0.05) is 12.1 Å². The van der Waals surface area contributed by atoms with E-state index in [2.05, 4.69) is 17.4 Å². The standard InChI is InChI=1S/C24H26N2O4/c1-28-23-14-18(6-9-21(23)30-20-10-12-25-15-20)26-13-11-22(24(26)27)29-19-7-4-17(5-8-19)16-2-3-16/h4-9,11,14,16,20,25H,2-3,10,12-13,15H2,1H3/t20-/m1/s1. The number of rotatable bonds is 7. The third kappa shape index (κ3) is 3.87. The number of hydrogen-bond donors (Lipinski definition) is 1. The quantitative estimate of drug-likeness (QED) is 0.761. The summed E-state index contributed by atoms with van der Waals surface area (Å²) in [6, 6.07) is 13.7. The molecule has 6 nitrogen and oxygen atoms in total. The molecular weight excluding hydrogens is 380 g/mol. The first-order valence-corrected chi connectivity index (χ1v) is 10.6. The van der Waals surface area contributed by atoms with Gasteiger partial charge in [-0.2, -0.15) is 0 Å². The fourth-order valence-corrected chi connectivity index (χ4v) is 3.97. The molecule has 2 fully saturated rings. The number of nitrogens with one attached hydrogen (secondary N) is 1. The molecule has 0 aromatic heterocycles. The minimum Gasteiger partial charge on any atom is -0.493 e. The third-order valence-corrected chi connectivity index (χ3v) is 5.84. The van der Waals surface area contributed by atoms with Crippen molar-refractivity contribution >= 4 is 11.6 Å². The fourth-order valence-electron chi connectivity index (χ4n) is 3.97. The molecule has 2 aromatic rings. The second-order valence-corrected chi connectivity index (χ2v) is 8.00. The first kappa shape index (κ1) is 19.0. The second-order valence-electron chi connectivity index (χ2n) is 8.00. The molecule has 5 rings (SSSR count). The summed E-state index contributed by atoms with van der Waals surface area (Å²) in [6.45, 7) is 2.26. The zero-order chi connectivity index (χ0) is 20.5. The molecule has 2 aliphatic heterocycles. The number of hydrogen-bond acceptors (Lipinski definition) is 5. The highest BCUT2D eigenvalue weighted by molar-refractivity contribution is 6.07. The Balaban J connectivity index is 1.26. The molecule has 0 unspecified atom stereocenters. The lowest BCUT2D eigenvalue weighted by atomic mass is 10.1. The molecule has 0 radical (unpaired) electrons. The number of carbonyl (C=O) groups excluding carboxylic acids is 1. The van der Waals surface area contributed by atoms with Crippen LogP contribution in [-0.2, 0) is 4.79 Å². The van der Waals surface area contributed by atoms with Crippen molar-refractivity contribution in [3.05, 3.63) is 59.9 Å². The van der Waals surface area contributed by atoms with Crippen molar-refractivity contribution < 1.29 is 19.0 Å². The van der Waals surface area contributed by atoms with Gasteiger partial charge >= 0.3 is 0 Å². The molecule has 6 heteroatoms. The van der Waals surface area contributed by atoms with E-state index in [4.69, 9.17) is 14.2 Å². The minimum absolute atomic E-state index is 0.145. The monoisotopic (exact) mass is 406 g/mol. The van der Waals surface area contributed by atoms with Gasteiger partial charge in [0.05, 0.1) is 7.11 Å². The predicted octanol–water partition coefficient (Wildman–Crippen LogP) is 3.62. The van der Waals surface area contributed by atoms with E-state index in [0.29, 0.717) is 35.5 Å². The van der Waals surface area contributed by atoms with Crippen molar-refractivity contribution in [3.8, 4) is 17.2 Å². The van der Waals surface area contributed by atoms with Gasteiger partial charge in [0.25, 0.3) is 5.91 Å². The molecule has 1 saturated heterocycles. The van der Waals surface area contributed by atoms with Crippen LogP contribution < -0.4 is 24.4 Å². The number of nitrogens with zero attached hydrogens (tertiary/aromatic N) is 1. The van der Waals surface area contributed by atoms with Crippen LogP contribution in [0.5, 0.6) is 17.2 Å². The van der Waals surface area contributed by atoms with Gasteiger partial charge < -0.3 is 24.4 Å². The number of methoxy groups -OCH3 is 1. The van der Waals surface area contributed by atoms with Crippen LogP contribution in [0.25, 0.3) is 0 Å². The summed E-state index contributed by atoms with van der Waals surface area (Å²) < 4.78 is 17.4. The molecule has 1 saturated carbocycles. The van der Waals surface area contributed by atoms with Crippen molar-refractivity contribution in [1.29, 1.82) is 0 Å². The smallest absolute Gasteiger partial charge is 0.294 e. The average Bonchev–Trinajstić information content (AvgIpc) is 3.39. The van der Waals surface area contributed by atoms with Gasteiger partial charge in [-0.3, -0.25) is 4.79 Å². The van der Waals surface area contributed by atoms with Gasteiger partial charge in [-0.05, 0) is 67.6 Å². The Morgan fingerprint density at radius 3 is 2.57 bits per heavy atom. The van der Waals surface area contributed by atoms with Gasteiger partial charge in [0, 0.05) is 24.8 Å². The lowest BCUT2D eigenvalue weighted by molar-refractivity contribution is -0.116. The molecule has 2 aromatic carbocycles. The Morgan fingerprint density at radius 2 is 1.87 bits per heavy atom. The summed E-state index contributed by atoms with van der Waals surface area (Å²) >= 11 is 0. The van der Waals surface area contributed by atoms with Crippen LogP contribution in [0.2, 0.25) is 0 Å². The SMILES string of the molecule is COc1cc(N2CC=C(Oc3ccc(C4CC4)cc3)C2=O)ccc1O[C@@H]1CCNC1. The predicted molar refractivity (Wildman–Crippen MR) is 114 cm³/mol. The van der Waals surface area contributed by atoms with Crippen LogP contribution in [0, 0.1) is 0 Å². The number of ether oxygens (including phenoxy) is 3. The average molecular weight is 406 g/mol. The highest BCUT2D eigenvalue weighted by Crippen LogP contribution is 2.40. The molecule has 2 heterocycles. The number of carbonyl (C=O) groups is 1. The normalized spacial score (nSPS) is 21.0. The first-order chi connectivity index (χ1) is 14.7. The van der Waals surface area contributed by atoms with Crippen LogP contribution >= 0.6 is 0 Å². The highest BCUT2D eigenvalue weighted by atomic mass is 16.5. The maximum Gasteiger partial charge on any atom is 0.294 e. The Labute approximate surface area is 176 Å². The molecule has 3 aliphatic rings. The molecule has 30 heavy (non-hydrogen) atoms. The van der Waals surface area contributed by atoms with Crippen molar-refractivity contribution in [3.63, 3.8) is 0 Å². The molecule has 1 aliphatic carbocycles. The van der Waals surface area contributed by atoms with E-state index >= 15 is 0 Å². The fraction of sp³-hybridized carbons (Fsp3) is 0.375. The highest BCUT2D eigenvalue weighted by Gasteiger charge is 2.29. The summed E-state index contributed by atoms with van der Waals surface area (Å²) in [6.07, 6.45) is 5.47. The summed E-state index contributed by atoms with van der Waals surface area (Å²) in [5.74, 6) is 2.91. The molecule has 0 spiro atoms. The molecule has 1 N–H and O–H groups in total. The lowest BCUT2D eigenvalue weighted by Gasteiger charge is -2.20. The first-order valence-electron chi connectivity index (χ1n) is 10.6. The Bertz CT molecular complexity index is 960. The third-order valence-electron chi connectivity index (χ3n) is 5.84. The van der Waals surface area contributed by atoms with Crippen LogP contribution in [0.15, 0.2) is 54.3 Å². The number of anilines is 1. The van der Waals surface area contributed by atoms with Gasteiger partial charge in [0.15, 0.2) is 17.3 Å². The van der Waals surface area contributed by atoms with Crippen LogP contribution in [0.3, 0.4) is 0 Å². The maximum atomic E-state index is 12.9. The molecular formula is C24H26N2O4. The zero-order valence-electron chi connectivity index (χ0n) is 17.1. The van der Waals surface area contributed by atoms with Gasteiger partial charge in [0.2, 0.25) is 0 Å². The topological polar surface area (TPSA) is 60.0 Å². The van der Waals surface area contributed by atoms with E-state index in [1.165, 1.54) is 18.4 Å². The van der Waals surface area contributed by atoms with E-state index in [0.717, 1.165) is 25.2 Å². The van der Waals surface area contributed by atoms with E-state index in [1.807, 2.05) is 36.4 Å². The van der Waals surface area contributed by atoms with Crippen molar-refractivity contribution in [2.75, 3.05) is 31.6 Å². The zero-order valence-corrected chi connectivity index (χ0v) is 17.1. The van der Waals surface area contributed by atoms with Crippen molar-refractivity contribution in [1.82, 2.24) is 5.32 Å². The van der Waals surface area contributed by atoms with Crippen LogP contribution in [0.1, 0.15) is 30.7 Å². The van der Waals surface area contributed by atoms with Crippen molar-refractivity contribution in [2.24, 2.45) is 0 Å². The van der Waals surface area contributed by atoms with Crippen LogP contribution in [-0.4, -0.2) is 38.8 Å². The Kier molecular flexibility index (Phi) is 5.09. The number of amides is 1. The van der Waals surface area contributed by atoms with E-state index in [9.17, 15) is 4.79 Å². The van der Waals surface area contributed by atoms with E-state index in [1.54, 1.807) is 12.0 Å².